The summed E-state index contributed by atoms with van der Waals surface area (Å²) >= 11 is 0. The zero-order valence-corrected chi connectivity index (χ0v) is 18.6. The molecule has 0 bridgehead atoms. The van der Waals surface area contributed by atoms with Crippen molar-refractivity contribution in [2.24, 2.45) is 7.05 Å². The molecule has 8 heteroatoms. The summed E-state index contributed by atoms with van der Waals surface area (Å²) in [5.41, 5.74) is 0.912. The molecule has 0 unspecified atom stereocenters. The first-order valence-electron chi connectivity index (χ1n) is 10.7. The van der Waals surface area contributed by atoms with Crippen molar-refractivity contribution >= 4 is 22.5 Å². The molecular weight excluding hydrogens is 430 g/mol. The molecule has 0 aliphatic rings. The predicted octanol–water partition coefficient (Wildman–Crippen LogP) is 3.29. The van der Waals surface area contributed by atoms with Crippen LogP contribution in [0.3, 0.4) is 0 Å². The van der Waals surface area contributed by atoms with Gasteiger partial charge < -0.3 is 5.32 Å². The van der Waals surface area contributed by atoms with Gasteiger partial charge in [-0.3, -0.25) is 14.2 Å². The number of nitrogens with zero attached hydrogens (tertiary/aromatic N) is 4. The van der Waals surface area contributed by atoms with E-state index in [0.29, 0.717) is 17.2 Å². The van der Waals surface area contributed by atoms with E-state index in [1.54, 1.807) is 67.8 Å². The van der Waals surface area contributed by atoms with Gasteiger partial charge in [0.05, 0.1) is 17.1 Å². The molecule has 0 saturated heterocycles. The van der Waals surface area contributed by atoms with E-state index in [2.05, 4.69) is 10.3 Å². The normalized spacial score (nSPS) is 11.0. The maximum Gasteiger partial charge on any atom is 0.341 e. The standard InChI is InChI=1S/C26H21N5O3/c1-17-13-14-21(27-16-17)28-20-15-22(32)29(2)24-23(20)25(33)31(19-11-7-4-8-12-19)26(34)30(24)18-9-5-3-6-10-18/h3-16H,1-2H3,(H,27,28). The molecule has 2 aromatic carbocycles. The van der Waals surface area contributed by atoms with Crippen molar-refractivity contribution in [2.75, 3.05) is 5.32 Å². The second-order valence-electron chi connectivity index (χ2n) is 7.93. The van der Waals surface area contributed by atoms with Gasteiger partial charge in [0.15, 0.2) is 0 Å². The van der Waals surface area contributed by atoms with Gasteiger partial charge in [-0.15, -0.1) is 0 Å². The molecule has 0 atom stereocenters. The largest absolute Gasteiger partial charge is 0.341 e. The molecule has 0 spiro atoms. The first-order valence-corrected chi connectivity index (χ1v) is 10.7. The zero-order chi connectivity index (χ0) is 23.8. The number of pyridine rings is 2. The van der Waals surface area contributed by atoms with Gasteiger partial charge in [-0.05, 0) is 42.8 Å². The second-order valence-corrected chi connectivity index (χ2v) is 7.93. The highest BCUT2D eigenvalue weighted by Crippen LogP contribution is 2.23. The smallest absolute Gasteiger partial charge is 0.339 e. The Morgan fingerprint density at radius 3 is 2.00 bits per heavy atom. The lowest BCUT2D eigenvalue weighted by Gasteiger charge is -2.18. The first-order chi connectivity index (χ1) is 16.5. The Morgan fingerprint density at radius 2 is 1.41 bits per heavy atom. The van der Waals surface area contributed by atoms with Crippen LogP contribution in [0.2, 0.25) is 0 Å². The number of hydrogen-bond donors (Lipinski definition) is 1. The number of hydrogen-bond acceptors (Lipinski definition) is 5. The van der Waals surface area contributed by atoms with Crippen LogP contribution in [0, 0.1) is 6.92 Å². The Balaban J connectivity index is 1.95. The molecule has 168 valence electrons. The van der Waals surface area contributed by atoms with Crippen molar-refractivity contribution in [2.45, 2.75) is 6.92 Å². The van der Waals surface area contributed by atoms with Gasteiger partial charge in [-0.2, -0.15) is 0 Å². The Labute approximate surface area is 194 Å². The van der Waals surface area contributed by atoms with Crippen LogP contribution in [0.4, 0.5) is 11.5 Å². The fraction of sp³-hybridized carbons (Fsp3) is 0.0769. The van der Waals surface area contributed by atoms with Gasteiger partial charge in [0.25, 0.3) is 11.1 Å². The first kappa shape index (κ1) is 21.1. The number of nitrogens with one attached hydrogen (secondary N) is 1. The minimum atomic E-state index is -0.574. The number of rotatable bonds is 4. The summed E-state index contributed by atoms with van der Waals surface area (Å²) in [5, 5.41) is 3.30. The van der Waals surface area contributed by atoms with Crippen LogP contribution in [-0.4, -0.2) is 18.7 Å². The molecule has 0 saturated carbocycles. The average Bonchev–Trinajstić information content (AvgIpc) is 2.85. The van der Waals surface area contributed by atoms with Crippen LogP contribution < -0.4 is 22.1 Å². The minimum Gasteiger partial charge on any atom is -0.339 e. The summed E-state index contributed by atoms with van der Waals surface area (Å²) in [4.78, 5) is 44.9. The highest BCUT2D eigenvalue weighted by molar-refractivity contribution is 5.91. The lowest BCUT2D eigenvalue weighted by Crippen LogP contribution is -2.40. The van der Waals surface area contributed by atoms with Crippen molar-refractivity contribution in [1.82, 2.24) is 18.7 Å². The fourth-order valence-electron chi connectivity index (χ4n) is 3.94. The van der Waals surface area contributed by atoms with Gasteiger partial charge >= 0.3 is 5.69 Å². The highest BCUT2D eigenvalue weighted by Gasteiger charge is 2.21. The van der Waals surface area contributed by atoms with Crippen LogP contribution in [0.15, 0.2) is 99.4 Å². The summed E-state index contributed by atoms with van der Waals surface area (Å²) in [6, 6.07) is 22.6. The molecule has 5 rings (SSSR count). The van der Waals surface area contributed by atoms with Crippen molar-refractivity contribution < 1.29 is 0 Å². The van der Waals surface area contributed by atoms with Gasteiger partial charge in [-0.25, -0.2) is 18.9 Å². The molecule has 0 fully saturated rings. The maximum absolute atomic E-state index is 13.8. The summed E-state index contributed by atoms with van der Waals surface area (Å²) in [6.45, 7) is 1.92. The third-order valence-electron chi connectivity index (χ3n) is 5.62. The molecule has 0 aliphatic heterocycles. The van der Waals surface area contributed by atoms with E-state index in [1.807, 2.05) is 25.1 Å². The van der Waals surface area contributed by atoms with Crippen molar-refractivity contribution in [3.05, 3.63) is 122 Å². The van der Waals surface area contributed by atoms with E-state index in [-0.39, 0.29) is 22.3 Å². The second kappa shape index (κ2) is 8.32. The number of anilines is 2. The molecular formula is C26H21N5O3. The number of para-hydroxylation sites is 2. The quantitative estimate of drug-likeness (QED) is 0.453. The summed E-state index contributed by atoms with van der Waals surface area (Å²) in [5.74, 6) is 0.475. The van der Waals surface area contributed by atoms with E-state index in [0.717, 1.165) is 10.1 Å². The fourth-order valence-corrected chi connectivity index (χ4v) is 3.94. The van der Waals surface area contributed by atoms with Crippen LogP contribution in [0.1, 0.15) is 5.56 Å². The molecule has 0 radical (unpaired) electrons. The van der Waals surface area contributed by atoms with Gasteiger partial charge in [0.2, 0.25) is 0 Å². The van der Waals surface area contributed by atoms with Gasteiger partial charge in [0, 0.05) is 19.3 Å². The van der Waals surface area contributed by atoms with Gasteiger partial charge in [0.1, 0.15) is 16.9 Å². The summed E-state index contributed by atoms with van der Waals surface area (Å²) < 4.78 is 3.82. The number of benzene rings is 2. The Kier molecular flexibility index (Phi) is 5.18. The molecule has 8 nitrogen and oxygen atoms in total. The lowest BCUT2D eigenvalue weighted by atomic mass is 10.2. The molecule has 5 aromatic rings. The van der Waals surface area contributed by atoms with Crippen LogP contribution >= 0.6 is 0 Å². The molecule has 0 aliphatic carbocycles. The number of fused-ring (bicyclic) bond motifs is 1. The van der Waals surface area contributed by atoms with Crippen molar-refractivity contribution in [3.8, 4) is 11.4 Å². The van der Waals surface area contributed by atoms with E-state index >= 15 is 0 Å². The van der Waals surface area contributed by atoms with Crippen molar-refractivity contribution in [1.29, 1.82) is 0 Å². The van der Waals surface area contributed by atoms with E-state index in [1.165, 1.54) is 15.2 Å². The SMILES string of the molecule is Cc1ccc(Nc2cc(=O)n(C)c3c2c(=O)n(-c2ccccc2)c(=O)n3-c2ccccc2)nc1. The Hall–Kier alpha value is -4.72. The molecule has 3 aromatic heterocycles. The summed E-state index contributed by atoms with van der Waals surface area (Å²) in [7, 11) is 1.55. The van der Waals surface area contributed by atoms with E-state index < -0.39 is 11.2 Å². The topological polar surface area (TPSA) is 90.9 Å². The van der Waals surface area contributed by atoms with Crippen molar-refractivity contribution in [3.63, 3.8) is 0 Å². The predicted molar refractivity (Wildman–Crippen MR) is 133 cm³/mol. The zero-order valence-electron chi connectivity index (χ0n) is 18.6. The van der Waals surface area contributed by atoms with Crippen LogP contribution in [0.5, 0.6) is 0 Å². The average molecular weight is 451 g/mol. The minimum absolute atomic E-state index is 0.190. The summed E-state index contributed by atoms with van der Waals surface area (Å²) in [6.07, 6.45) is 1.69. The molecule has 3 heterocycles. The Morgan fingerprint density at radius 1 is 0.794 bits per heavy atom. The molecule has 1 N–H and O–H groups in total. The lowest BCUT2D eigenvalue weighted by molar-refractivity contribution is 0.784. The Bertz CT molecular complexity index is 1680. The third-order valence-corrected chi connectivity index (χ3v) is 5.62. The highest BCUT2D eigenvalue weighted by atomic mass is 16.2. The monoisotopic (exact) mass is 451 g/mol. The third kappa shape index (κ3) is 3.51. The van der Waals surface area contributed by atoms with Gasteiger partial charge in [-0.1, -0.05) is 42.5 Å². The molecule has 0 amide bonds. The van der Waals surface area contributed by atoms with E-state index in [9.17, 15) is 14.4 Å². The molecule has 34 heavy (non-hydrogen) atoms. The van der Waals surface area contributed by atoms with Crippen LogP contribution in [0.25, 0.3) is 22.4 Å². The van der Waals surface area contributed by atoms with Crippen LogP contribution in [-0.2, 0) is 7.05 Å². The maximum atomic E-state index is 13.8. The number of aryl methyl sites for hydroxylation is 2. The number of aromatic nitrogens is 4. The van der Waals surface area contributed by atoms with E-state index in [4.69, 9.17) is 0 Å².